The molecule has 0 aromatic heterocycles. The summed E-state index contributed by atoms with van der Waals surface area (Å²) >= 11 is 0. The van der Waals surface area contributed by atoms with Crippen molar-refractivity contribution in [3.8, 4) is 5.75 Å². The first-order valence-corrected chi connectivity index (χ1v) is 11.8. The number of carbonyl (C=O) groups excluding carboxylic acids is 3. The van der Waals surface area contributed by atoms with Crippen molar-refractivity contribution >= 4 is 29.1 Å². The molecule has 0 radical (unpaired) electrons. The Bertz CT molecular complexity index is 1280. The van der Waals surface area contributed by atoms with Crippen LogP contribution in [0.25, 0.3) is 0 Å². The predicted octanol–water partition coefficient (Wildman–Crippen LogP) is 4.89. The van der Waals surface area contributed by atoms with Crippen LogP contribution in [-0.4, -0.2) is 42.8 Å². The minimum Gasteiger partial charge on any atom is -0.495 e. The second-order valence-corrected chi connectivity index (χ2v) is 8.83. The molecular formula is C28H28FN3O4. The van der Waals surface area contributed by atoms with Crippen molar-refractivity contribution in [3.63, 3.8) is 0 Å². The van der Waals surface area contributed by atoms with Crippen molar-refractivity contribution in [2.75, 3.05) is 30.8 Å². The summed E-state index contributed by atoms with van der Waals surface area (Å²) in [6.07, 6.45) is 1.40. The van der Waals surface area contributed by atoms with Gasteiger partial charge in [-0.05, 0) is 68.3 Å². The number of hydrogen-bond acceptors (Lipinski definition) is 4. The molecule has 186 valence electrons. The average Bonchev–Trinajstić information content (AvgIpc) is 2.89. The second-order valence-electron chi connectivity index (χ2n) is 8.83. The molecule has 0 spiro atoms. The topological polar surface area (TPSA) is 87.7 Å². The largest absolute Gasteiger partial charge is 0.495 e. The third kappa shape index (κ3) is 5.89. The van der Waals surface area contributed by atoms with Gasteiger partial charge in [0.1, 0.15) is 11.6 Å². The minimum absolute atomic E-state index is 0.0840. The standard InChI is InChI=1S/C28H28FN3O4/c1-18-8-10-19(11-9-18)28(35)32-14-4-6-21(17-32)27(34)30-23-12-13-25(36-2)24(16-23)31-26(33)20-5-3-7-22(29)15-20/h3,5,7-13,15-16,21H,4,6,14,17H2,1-2H3,(H,30,34)(H,31,33). The highest BCUT2D eigenvalue weighted by atomic mass is 19.1. The van der Waals surface area contributed by atoms with Crippen LogP contribution in [0.4, 0.5) is 15.8 Å². The molecule has 0 bridgehead atoms. The molecule has 1 aliphatic rings. The van der Waals surface area contributed by atoms with Crippen molar-refractivity contribution in [1.82, 2.24) is 4.90 Å². The van der Waals surface area contributed by atoms with E-state index in [9.17, 15) is 18.8 Å². The van der Waals surface area contributed by atoms with Gasteiger partial charge in [-0.25, -0.2) is 4.39 Å². The summed E-state index contributed by atoms with van der Waals surface area (Å²) in [6, 6.07) is 17.7. The van der Waals surface area contributed by atoms with Gasteiger partial charge in [-0.2, -0.15) is 0 Å². The fourth-order valence-corrected chi connectivity index (χ4v) is 4.21. The molecule has 36 heavy (non-hydrogen) atoms. The van der Waals surface area contributed by atoms with Crippen molar-refractivity contribution in [2.45, 2.75) is 19.8 Å². The number of aryl methyl sites for hydroxylation is 1. The van der Waals surface area contributed by atoms with Crippen LogP contribution in [-0.2, 0) is 4.79 Å². The van der Waals surface area contributed by atoms with E-state index >= 15 is 0 Å². The SMILES string of the molecule is COc1ccc(NC(=O)C2CCCN(C(=O)c3ccc(C)cc3)C2)cc1NC(=O)c1cccc(F)c1. The first kappa shape index (κ1) is 24.9. The Hall–Kier alpha value is -4.20. The van der Waals surface area contributed by atoms with Gasteiger partial charge in [0.25, 0.3) is 11.8 Å². The van der Waals surface area contributed by atoms with Crippen molar-refractivity contribution in [3.05, 3.63) is 89.2 Å². The highest BCUT2D eigenvalue weighted by Crippen LogP contribution is 2.29. The van der Waals surface area contributed by atoms with E-state index in [0.29, 0.717) is 42.2 Å². The van der Waals surface area contributed by atoms with E-state index < -0.39 is 11.7 Å². The number of methoxy groups -OCH3 is 1. The molecule has 1 fully saturated rings. The molecule has 0 saturated carbocycles. The lowest BCUT2D eigenvalue weighted by Gasteiger charge is -2.32. The number of nitrogens with zero attached hydrogens (tertiary/aromatic N) is 1. The Labute approximate surface area is 209 Å². The average molecular weight is 490 g/mol. The lowest BCUT2D eigenvalue weighted by Crippen LogP contribution is -2.43. The number of ether oxygens (including phenoxy) is 1. The summed E-state index contributed by atoms with van der Waals surface area (Å²) in [5, 5.41) is 5.60. The van der Waals surface area contributed by atoms with E-state index in [1.54, 1.807) is 35.2 Å². The monoisotopic (exact) mass is 489 g/mol. The molecule has 0 aliphatic carbocycles. The first-order valence-electron chi connectivity index (χ1n) is 11.8. The number of hydrogen-bond donors (Lipinski definition) is 2. The van der Waals surface area contributed by atoms with Gasteiger partial charge in [0.05, 0.1) is 18.7 Å². The summed E-state index contributed by atoms with van der Waals surface area (Å²) in [4.78, 5) is 40.3. The molecule has 4 rings (SSSR count). The van der Waals surface area contributed by atoms with Crippen LogP contribution >= 0.6 is 0 Å². The summed E-state index contributed by atoms with van der Waals surface area (Å²) in [5.41, 5.74) is 2.65. The number of piperidine rings is 1. The lowest BCUT2D eigenvalue weighted by atomic mass is 9.96. The number of likely N-dealkylation sites (tertiary alicyclic amines) is 1. The Morgan fingerprint density at radius 3 is 2.47 bits per heavy atom. The molecular weight excluding hydrogens is 461 g/mol. The maximum absolute atomic E-state index is 13.5. The van der Waals surface area contributed by atoms with Crippen LogP contribution in [0.15, 0.2) is 66.7 Å². The second kappa shape index (κ2) is 11.0. The quantitative estimate of drug-likeness (QED) is 0.516. The van der Waals surface area contributed by atoms with E-state index in [1.165, 1.54) is 25.3 Å². The highest BCUT2D eigenvalue weighted by molar-refractivity contribution is 6.05. The molecule has 1 atom stereocenters. The molecule has 8 heteroatoms. The van der Waals surface area contributed by atoms with Crippen molar-refractivity contribution in [2.24, 2.45) is 5.92 Å². The van der Waals surface area contributed by atoms with Crippen LogP contribution in [0.1, 0.15) is 39.1 Å². The lowest BCUT2D eigenvalue weighted by molar-refractivity contribution is -0.121. The third-order valence-electron chi connectivity index (χ3n) is 6.18. The van der Waals surface area contributed by atoms with Crippen LogP contribution in [0, 0.1) is 18.7 Å². The Kier molecular flexibility index (Phi) is 7.63. The number of carbonyl (C=O) groups is 3. The Morgan fingerprint density at radius 2 is 1.75 bits per heavy atom. The number of anilines is 2. The number of halogens is 1. The number of nitrogens with one attached hydrogen (secondary N) is 2. The molecule has 1 aliphatic heterocycles. The van der Waals surface area contributed by atoms with Crippen molar-refractivity contribution < 1.29 is 23.5 Å². The van der Waals surface area contributed by atoms with Crippen molar-refractivity contribution in [1.29, 1.82) is 0 Å². The van der Waals surface area contributed by atoms with Gasteiger partial charge < -0.3 is 20.3 Å². The van der Waals surface area contributed by atoms with Crippen LogP contribution in [0.2, 0.25) is 0 Å². The zero-order chi connectivity index (χ0) is 25.7. The van der Waals surface area contributed by atoms with Gasteiger partial charge in [0, 0.05) is 29.9 Å². The smallest absolute Gasteiger partial charge is 0.255 e. The van der Waals surface area contributed by atoms with Gasteiger partial charge in [-0.3, -0.25) is 14.4 Å². The van der Waals surface area contributed by atoms with E-state index in [4.69, 9.17) is 4.74 Å². The molecule has 3 aromatic carbocycles. The molecule has 1 saturated heterocycles. The fourth-order valence-electron chi connectivity index (χ4n) is 4.21. The fraction of sp³-hybridized carbons (Fsp3) is 0.250. The highest BCUT2D eigenvalue weighted by Gasteiger charge is 2.29. The van der Waals surface area contributed by atoms with Gasteiger partial charge in [-0.15, -0.1) is 0 Å². The normalized spacial score (nSPS) is 15.2. The predicted molar refractivity (Wildman–Crippen MR) is 136 cm³/mol. The summed E-state index contributed by atoms with van der Waals surface area (Å²) < 4.78 is 18.8. The zero-order valence-corrected chi connectivity index (χ0v) is 20.2. The van der Waals surface area contributed by atoms with Gasteiger partial charge >= 0.3 is 0 Å². The molecule has 3 amide bonds. The summed E-state index contributed by atoms with van der Waals surface area (Å²) in [6.45, 7) is 2.90. The molecule has 1 heterocycles. The van der Waals surface area contributed by atoms with Gasteiger partial charge in [0.2, 0.25) is 5.91 Å². The van der Waals surface area contributed by atoms with Crippen LogP contribution in [0.3, 0.4) is 0 Å². The Balaban J connectivity index is 1.44. The third-order valence-corrected chi connectivity index (χ3v) is 6.18. The Morgan fingerprint density at radius 1 is 0.972 bits per heavy atom. The molecule has 7 nitrogen and oxygen atoms in total. The van der Waals surface area contributed by atoms with Crippen LogP contribution < -0.4 is 15.4 Å². The molecule has 2 N–H and O–H groups in total. The maximum Gasteiger partial charge on any atom is 0.255 e. The minimum atomic E-state index is -0.516. The summed E-state index contributed by atoms with van der Waals surface area (Å²) in [5.74, 6) is -1.28. The first-order chi connectivity index (χ1) is 17.3. The number of amides is 3. The number of benzene rings is 3. The van der Waals surface area contributed by atoms with E-state index in [-0.39, 0.29) is 23.3 Å². The summed E-state index contributed by atoms with van der Waals surface area (Å²) in [7, 11) is 1.47. The van der Waals surface area contributed by atoms with E-state index in [2.05, 4.69) is 10.6 Å². The number of rotatable bonds is 6. The van der Waals surface area contributed by atoms with Gasteiger partial charge in [0.15, 0.2) is 0 Å². The molecule has 3 aromatic rings. The molecule has 1 unspecified atom stereocenters. The van der Waals surface area contributed by atoms with E-state index in [0.717, 1.165) is 18.1 Å². The van der Waals surface area contributed by atoms with Gasteiger partial charge in [-0.1, -0.05) is 23.8 Å². The van der Waals surface area contributed by atoms with Crippen LogP contribution in [0.5, 0.6) is 5.75 Å². The maximum atomic E-state index is 13.5. The van der Waals surface area contributed by atoms with E-state index in [1.807, 2.05) is 19.1 Å². The zero-order valence-electron chi connectivity index (χ0n) is 20.2.